The zero-order chi connectivity index (χ0) is 17.8. The van der Waals surface area contributed by atoms with Gasteiger partial charge in [0.25, 0.3) is 5.91 Å². The lowest BCUT2D eigenvalue weighted by Crippen LogP contribution is -2.11. The molecule has 128 valence electrons. The van der Waals surface area contributed by atoms with Crippen LogP contribution in [0.5, 0.6) is 0 Å². The molecule has 1 heterocycles. The monoisotopic (exact) mass is 390 g/mol. The standard InChI is InChI=1S/C19H16Cl2N2OS/c1-2-3-16-17(12-4-8-14(20)9-5-12)22-19(25-16)23-18(24)13-6-10-15(21)11-7-13/h4-11H,2-3H2,1H3,(H,22,23,24). The van der Waals surface area contributed by atoms with Crippen molar-refractivity contribution in [2.75, 3.05) is 5.32 Å². The van der Waals surface area contributed by atoms with E-state index >= 15 is 0 Å². The maximum Gasteiger partial charge on any atom is 0.257 e. The van der Waals surface area contributed by atoms with Crippen LogP contribution in [-0.2, 0) is 6.42 Å². The summed E-state index contributed by atoms with van der Waals surface area (Å²) in [5.74, 6) is -0.198. The third kappa shape index (κ3) is 4.40. The molecule has 3 rings (SSSR count). The van der Waals surface area contributed by atoms with Gasteiger partial charge < -0.3 is 0 Å². The largest absolute Gasteiger partial charge is 0.298 e. The zero-order valence-corrected chi connectivity index (χ0v) is 15.9. The molecule has 0 saturated heterocycles. The third-order valence-electron chi connectivity index (χ3n) is 3.62. The molecule has 0 radical (unpaired) electrons. The van der Waals surface area contributed by atoms with Crippen molar-refractivity contribution in [3.8, 4) is 11.3 Å². The predicted octanol–water partition coefficient (Wildman–Crippen LogP) is 6.32. The number of benzene rings is 2. The summed E-state index contributed by atoms with van der Waals surface area (Å²) in [4.78, 5) is 18.2. The molecule has 0 bridgehead atoms. The fourth-order valence-electron chi connectivity index (χ4n) is 2.41. The minimum atomic E-state index is -0.198. The number of amides is 1. The summed E-state index contributed by atoms with van der Waals surface area (Å²) in [6.45, 7) is 2.12. The predicted molar refractivity (Wildman–Crippen MR) is 106 cm³/mol. The number of nitrogens with zero attached hydrogens (tertiary/aromatic N) is 1. The van der Waals surface area contributed by atoms with Gasteiger partial charge in [-0.1, -0.05) is 48.7 Å². The highest BCUT2D eigenvalue weighted by Gasteiger charge is 2.15. The topological polar surface area (TPSA) is 42.0 Å². The molecule has 25 heavy (non-hydrogen) atoms. The van der Waals surface area contributed by atoms with Crippen molar-refractivity contribution in [3.05, 3.63) is 69.0 Å². The Morgan fingerprint density at radius 1 is 1.04 bits per heavy atom. The van der Waals surface area contributed by atoms with Crippen molar-refractivity contribution < 1.29 is 4.79 Å². The lowest BCUT2D eigenvalue weighted by molar-refractivity contribution is 0.102. The van der Waals surface area contributed by atoms with Crippen molar-refractivity contribution in [3.63, 3.8) is 0 Å². The minimum Gasteiger partial charge on any atom is -0.298 e. The second kappa shape index (κ2) is 8.00. The Kier molecular flexibility index (Phi) is 5.74. The molecular weight excluding hydrogens is 375 g/mol. The molecule has 3 nitrogen and oxygen atoms in total. The van der Waals surface area contributed by atoms with Gasteiger partial charge in [-0.15, -0.1) is 11.3 Å². The van der Waals surface area contributed by atoms with Crippen LogP contribution < -0.4 is 5.32 Å². The summed E-state index contributed by atoms with van der Waals surface area (Å²) < 4.78 is 0. The smallest absolute Gasteiger partial charge is 0.257 e. The molecule has 0 fully saturated rings. The number of hydrogen-bond acceptors (Lipinski definition) is 3. The molecular formula is C19H16Cl2N2OS. The number of aromatic nitrogens is 1. The number of nitrogens with one attached hydrogen (secondary N) is 1. The number of aryl methyl sites for hydroxylation is 1. The van der Waals surface area contributed by atoms with Gasteiger partial charge in [-0.25, -0.2) is 4.98 Å². The maximum atomic E-state index is 12.4. The van der Waals surface area contributed by atoms with E-state index in [0.717, 1.165) is 29.0 Å². The average Bonchev–Trinajstić information content (AvgIpc) is 2.99. The second-order valence-electron chi connectivity index (χ2n) is 5.51. The second-order valence-corrected chi connectivity index (χ2v) is 7.47. The van der Waals surface area contributed by atoms with E-state index < -0.39 is 0 Å². The number of carbonyl (C=O) groups excluding carboxylic acids is 1. The van der Waals surface area contributed by atoms with Gasteiger partial charge in [0.1, 0.15) is 0 Å². The summed E-state index contributed by atoms with van der Waals surface area (Å²) in [7, 11) is 0. The van der Waals surface area contributed by atoms with Gasteiger partial charge in [0.05, 0.1) is 5.69 Å². The van der Waals surface area contributed by atoms with Crippen LogP contribution in [0.3, 0.4) is 0 Å². The number of carbonyl (C=O) groups is 1. The van der Waals surface area contributed by atoms with E-state index in [1.165, 1.54) is 11.3 Å². The first-order valence-electron chi connectivity index (χ1n) is 7.89. The van der Waals surface area contributed by atoms with Crippen molar-refractivity contribution >= 4 is 45.6 Å². The van der Waals surface area contributed by atoms with Gasteiger partial charge in [-0.3, -0.25) is 10.1 Å². The van der Waals surface area contributed by atoms with E-state index in [-0.39, 0.29) is 5.91 Å². The van der Waals surface area contributed by atoms with Gasteiger partial charge in [-0.05, 0) is 42.8 Å². The summed E-state index contributed by atoms with van der Waals surface area (Å²) in [5, 5.41) is 4.75. The van der Waals surface area contributed by atoms with E-state index in [0.29, 0.717) is 20.7 Å². The molecule has 0 unspecified atom stereocenters. The van der Waals surface area contributed by atoms with Crippen LogP contribution in [0.25, 0.3) is 11.3 Å². The molecule has 0 aliphatic carbocycles. The third-order valence-corrected chi connectivity index (χ3v) is 5.15. The van der Waals surface area contributed by atoms with Crippen LogP contribution in [0.4, 0.5) is 5.13 Å². The molecule has 0 saturated carbocycles. The van der Waals surface area contributed by atoms with Gasteiger partial charge in [0.15, 0.2) is 5.13 Å². The quantitative estimate of drug-likeness (QED) is 0.553. The van der Waals surface area contributed by atoms with Crippen molar-refractivity contribution in [1.82, 2.24) is 4.98 Å². The van der Waals surface area contributed by atoms with Gasteiger partial charge in [0.2, 0.25) is 0 Å². The Morgan fingerprint density at radius 2 is 1.64 bits per heavy atom. The first kappa shape index (κ1) is 17.9. The van der Waals surface area contributed by atoms with E-state index in [2.05, 4.69) is 17.2 Å². The molecule has 1 N–H and O–H groups in total. The number of halogens is 2. The lowest BCUT2D eigenvalue weighted by Gasteiger charge is -2.02. The molecule has 1 aromatic heterocycles. The van der Waals surface area contributed by atoms with Crippen molar-refractivity contribution in [2.45, 2.75) is 19.8 Å². The number of anilines is 1. The maximum absolute atomic E-state index is 12.4. The summed E-state index contributed by atoms with van der Waals surface area (Å²) in [5.41, 5.74) is 2.44. The molecule has 0 atom stereocenters. The normalized spacial score (nSPS) is 10.7. The molecule has 0 aliphatic heterocycles. The lowest BCUT2D eigenvalue weighted by atomic mass is 10.1. The van der Waals surface area contributed by atoms with Crippen LogP contribution in [0, 0.1) is 0 Å². The Labute approximate surface area is 160 Å². The first-order chi connectivity index (χ1) is 12.1. The summed E-state index contributed by atoms with van der Waals surface area (Å²) in [6.07, 6.45) is 1.92. The Hall–Kier alpha value is -1.88. The zero-order valence-electron chi connectivity index (χ0n) is 13.6. The van der Waals surface area contributed by atoms with Crippen LogP contribution in [0.15, 0.2) is 48.5 Å². The number of thiazole rings is 1. The molecule has 2 aromatic carbocycles. The average molecular weight is 391 g/mol. The molecule has 6 heteroatoms. The molecule has 0 aliphatic rings. The SMILES string of the molecule is CCCc1sc(NC(=O)c2ccc(Cl)cc2)nc1-c1ccc(Cl)cc1. The van der Waals surface area contributed by atoms with E-state index in [1.807, 2.05) is 24.3 Å². The summed E-state index contributed by atoms with van der Waals surface area (Å²) >= 11 is 13.3. The van der Waals surface area contributed by atoms with E-state index in [1.54, 1.807) is 24.3 Å². The molecule has 3 aromatic rings. The van der Waals surface area contributed by atoms with Crippen molar-refractivity contribution in [2.24, 2.45) is 0 Å². The van der Waals surface area contributed by atoms with E-state index in [9.17, 15) is 4.79 Å². The Bertz CT molecular complexity index is 873. The first-order valence-corrected chi connectivity index (χ1v) is 9.46. The number of hydrogen-bond donors (Lipinski definition) is 1. The Morgan fingerprint density at radius 3 is 2.24 bits per heavy atom. The van der Waals surface area contributed by atoms with E-state index in [4.69, 9.17) is 23.2 Å². The molecule has 0 spiro atoms. The fourth-order valence-corrected chi connectivity index (χ4v) is 3.74. The highest BCUT2D eigenvalue weighted by Crippen LogP contribution is 2.33. The van der Waals surface area contributed by atoms with Gasteiger partial charge >= 0.3 is 0 Å². The Balaban J connectivity index is 1.87. The van der Waals surface area contributed by atoms with Crippen molar-refractivity contribution in [1.29, 1.82) is 0 Å². The summed E-state index contributed by atoms with van der Waals surface area (Å²) in [6, 6.07) is 14.4. The minimum absolute atomic E-state index is 0.198. The van der Waals surface area contributed by atoms with Gasteiger partial charge in [-0.2, -0.15) is 0 Å². The van der Waals surface area contributed by atoms with Crippen LogP contribution >= 0.6 is 34.5 Å². The number of rotatable bonds is 5. The fraction of sp³-hybridized carbons (Fsp3) is 0.158. The highest BCUT2D eigenvalue weighted by atomic mass is 35.5. The van der Waals surface area contributed by atoms with Crippen LogP contribution in [0.2, 0.25) is 10.0 Å². The van der Waals surface area contributed by atoms with Crippen LogP contribution in [-0.4, -0.2) is 10.9 Å². The molecule has 1 amide bonds. The van der Waals surface area contributed by atoms with Crippen LogP contribution in [0.1, 0.15) is 28.6 Å². The highest BCUT2D eigenvalue weighted by molar-refractivity contribution is 7.16. The van der Waals surface area contributed by atoms with Gasteiger partial charge in [0, 0.05) is 26.0 Å².